The molecule has 2 unspecified atom stereocenters. The van der Waals surface area contributed by atoms with Gasteiger partial charge in [0.15, 0.2) is 0 Å². The molecule has 0 bridgehead atoms. The summed E-state index contributed by atoms with van der Waals surface area (Å²) in [6.45, 7) is 9.18. The lowest BCUT2D eigenvalue weighted by Crippen LogP contribution is -2.47. The molecule has 1 rings (SSSR count). The fourth-order valence-corrected chi connectivity index (χ4v) is 2.37. The summed E-state index contributed by atoms with van der Waals surface area (Å²) in [4.78, 5) is 2.38. The van der Waals surface area contributed by atoms with Gasteiger partial charge in [-0.15, -0.1) is 0 Å². The second-order valence-corrected chi connectivity index (χ2v) is 5.44. The Morgan fingerprint density at radius 2 is 2.29 bits per heavy atom. The zero-order valence-corrected chi connectivity index (χ0v) is 11.5. The third-order valence-electron chi connectivity index (χ3n) is 3.34. The van der Waals surface area contributed by atoms with Gasteiger partial charge in [0.1, 0.15) is 5.54 Å². The Morgan fingerprint density at radius 3 is 2.76 bits per heavy atom. The normalized spacial score (nSPS) is 24.8. The number of likely N-dealkylation sites (tertiary alicyclic amines) is 1. The minimum atomic E-state index is -0.417. The van der Waals surface area contributed by atoms with E-state index in [0.717, 1.165) is 32.5 Å². The Bertz CT molecular complexity index is 274. The maximum atomic E-state index is 9.25. The Morgan fingerprint density at radius 1 is 1.59 bits per heavy atom. The van der Waals surface area contributed by atoms with Crippen molar-refractivity contribution in [2.24, 2.45) is 0 Å². The van der Waals surface area contributed by atoms with E-state index in [2.05, 4.69) is 30.1 Å². The molecule has 1 aliphatic heterocycles. The average molecular weight is 239 g/mol. The van der Waals surface area contributed by atoms with Gasteiger partial charge in [0.25, 0.3) is 0 Å². The molecule has 2 atom stereocenters. The number of ether oxygens (including phenoxy) is 1. The highest BCUT2D eigenvalue weighted by Crippen LogP contribution is 2.16. The van der Waals surface area contributed by atoms with Gasteiger partial charge in [-0.25, -0.2) is 0 Å². The van der Waals surface area contributed by atoms with Crippen LogP contribution in [0.25, 0.3) is 0 Å². The lowest BCUT2D eigenvalue weighted by atomic mass is 9.98. The van der Waals surface area contributed by atoms with E-state index in [1.807, 2.05) is 6.92 Å². The molecule has 1 heterocycles. The van der Waals surface area contributed by atoms with E-state index in [-0.39, 0.29) is 0 Å². The van der Waals surface area contributed by atoms with Crippen molar-refractivity contribution < 1.29 is 4.74 Å². The largest absolute Gasteiger partial charge is 0.380 e. The second-order valence-electron chi connectivity index (χ2n) is 5.44. The summed E-state index contributed by atoms with van der Waals surface area (Å²) in [5.41, 5.74) is -0.417. The highest BCUT2D eigenvalue weighted by atomic mass is 16.5. The van der Waals surface area contributed by atoms with Gasteiger partial charge < -0.3 is 9.64 Å². The molecule has 0 amide bonds. The fraction of sp³-hybridized carbons (Fsp3) is 0.923. The topological polar surface area (TPSA) is 48.3 Å². The minimum absolute atomic E-state index is 0.338. The van der Waals surface area contributed by atoms with Crippen LogP contribution >= 0.6 is 0 Å². The third-order valence-corrected chi connectivity index (χ3v) is 3.34. The van der Waals surface area contributed by atoms with Crippen molar-refractivity contribution in [2.45, 2.75) is 51.3 Å². The van der Waals surface area contributed by atoms with Gasteiger partial charge >= 0.3 is 0 Å². The third kappa shape index (κ3) is 4.63. The highest BCUT2D eigenvalue weighted by Gasteiger charge is 2.28. The molecule has 98 valence electrons. The van der Waals surface area contributed by atoms with Gasteiger partial charge in [-0.05, 0) is 33.6 Å². The molecule has 0 spiro atoms. The maximum Gasteiger partial charge on any atom is 0.105 e. The molecule has 0 saturated carbocycles. The number of nitriles is 1. The summed E-state index contributed by atoms with van der Waals surface area (Å²) in [6, 6.07) is 2.73. The first-order valence-corrected chi connectivity index (χ1v) is 6.43. The van der Waals surface area contributed by atoms with Gasteiger partial charge in [0.2, 0.25) is 0 Å². The number of methoxy groups -OCH3 is 1. The lowest BCUT2D eigenvalue weighted by molar-refractivity contribution is 0.107. The molecule has 0 aromatic rings. The van der Waals surface area contributed by atoms with Crippen LogP contribution in [0.3, 0.4) is 0 Å². The summed E-state index contributed by atoms with van der Waals surface area (Å²) >= 11 is 0. The smallest absolute Gasteiger partial charge is 0.105 e. The lowest BCUT2D eigenvalue weighted by Gasteiger charge is -2.28. The van der Waals surface area contributed by atoms with Gasteiger partial charge in [-0.3, -0.25) is 5.32 Å². The van der Waals surface area contributed by atoms with Crippen LogP contribution in [0, 0.1) is 11.3 Å². The predicted molar refractivity (Wildman–Crippen MR) is 68.8 cm³/mol. The molecule has 4 heteroatoms. The first kappa shape index (κ1) is 14.4. The van der Waals surface area contributed by atoms with Crippen LogP contribution in [0.1, 0.15) is 33.6 Å². The number of rotatable bonds is 6. The van der Waals surface area contributed by atoms with E-state index in [1.165, 1.54) is 0 Å². The van der Waals surface area contributed by atoms with Crippen LogP contribution in [-0.2, 0) is 4.74 Å². The zero-order chi connectivity index (χ0) is 12.9. The maximum absolute atomic E-state index is 9.25. The quantitative estimate of drug-likeness (QED) is 0.760. The van der Waals surface area contributed by atoms with Crippen molar-refractivity contribution in [3.8, 4) is 6.07 Å². The van der Waals surface area contributed by atoms with Crippen molar-refractivity contribution in [3.05, 3.63) is 0 Å². The molecule has 17 heavy (non-hydrogen) atoms. The van der Waals surface area contributed by atoms with E-state index in [1.54, 1.807) is 7.11 Å². The molecule has 0 radical (unpaired) electrons. The van der Waals surface area contributed by atoms with Crippen molar-refractivity contribution >= 4 is 0 Å². The summed E-state index contributed by atoms with van der Waals surface area (Å²) in [5, 5.41) is 12.6. The van der Waals surface area contributed by atoms with E-state index >= 15 is 0 Å². The first-order valence-electron chi connectivity index (χ1n) is 6.43. The zero-order valence-electron chi connectivity index (χ0n) is 11.5. The number of hydrogen-bond donors (Lipinski definition) is 1. The summed E-state index contributed by atoms with van der Waals surface area (Å²) < 4.78 is 5.34. The molecule has 0 aromatic heterocycles. The minimum Gasteiger partial charge on any atom is -0.380 e. The van der Waals surface area contributed by atoms with Crippen molar-refractivity contribution in [1.29, 1.82) is 5.26 Å². The van der Waals surface area contributed by atoms with Crippen LogP contribution in [-0.4, -0.2) is 49.3 Å². The van der Waals surface area contributed by atoms with Crippen LogP contribution in [0.15, 0.2) is 0 Å². The SMILES string of the molecule is COC1CCN(CCC(C)(C#N)NC(C)C)C1. The Kier molecular flexibility index (Phi) is 5.38. The van der Waals surface area contributed by atoms with Crippen LogP contribution in [0.2, 0.25) is 0 Å². The highest BCUT2D eigenvalue weighted by molar-refractivity contribution is 5.04. The van der Waals surface area contributed by atoms with Gasteiger partial charge in [-0.1, -0.05) is 0 Å². The Labute approximate surface area is 105 Å². The summed E-state index contributed by atoms with van der Waals surface area (Å²) in [5.74, 6) is 0. The first-order chi connectivity index (χ1) is 7.99. The van der Waals surface area contributed by atoms with Crippen LogP contribution in [0.4, 0.5) is 0 Å². The number of nitrogens with zero attached hydrogens (tertiary/aromatic N) is 2. The monoisotopic (exact) mass is 239 g/mol. The van der Waals surface area contributed by atoms with Gasteiger partial charge in [-0.2, -0.15) is 5.26 Å². The number of hydrogen-bond acceptors (Lipinski definition) is 4. The van der Waals surface area contributed by atoms with Crippen molar-refractivity contribution in [2.75, 3.05) is 26.7 Å². The Hall–Kier alpha value is -0.630. The summed E-state index contributed by atoms with van der Waals surface area (Å²) in [7, 11) is 1.77. The predicted octanol–water partition coefficient (Wildman–Crippen LogP) is 1.38. The number of nitrogens with one attached hydrogen (secondary N) is 1. The summed E-state index contributed by atoms with van der Waals surface area (Å²) in [6.07, 6.45) is 2.34. The Balaban J connectivity index is 2.36. The average Bonchev–Trinajstić information content (AvgIpc) is 2.73. The fourth-order valence-electron chi connectivity index (χ4n) is 2.37. The molecule has 1 fully saturated rings. The molecular weight excluding hydrogens is 214 g/mol. The van der Waals surface area contributed by atoms with Crippen LogP contribution < -0.4 is 5.32 Å². The van der Waals surface area contributed by atoms with Crippen molar-refractivity contribution in [1.82, 2.24) is 10.2 Å². The molecular formula is C13H25N3O. The van der Waals surface area contributed by atoms with Crippen molar-refractivity contribution in [3.63, 3.8) is 0 Å². The van der Waals surface area contributed by atoms with Crippen LogP contribution in [0.5, 0.6) is 0 Å². The molecule has 1 aliphatic rings. The molecule has 0 aromatic carbocycles. The van der Waals surface area contributed by atoms with Gasteiger partial charge in [0, 0.05) is 32.8 Å². The molecule has 4 nitrogen and oxygen atoms in total. The standard InChI is InChI=1S/C13H25N3O/c1-11(2)15-13(3,10-14)6-8-16-7-5-12(9-16)17-4/h11-12,15H,5-9H2,1-4H3. The second kappa shape index (κ2) is 6.34. The van der Waals surface area contributed by atoms with E-state index < -0.39 is 5.54 Å². The molecule has 0 aliphatic carbocycles. The van der Waals surface area contributed by atoms with E-state index in [9.17, 15) is 5.26 Å². The van der Waals surface area contributed by atoms with Gasteiger partial charge in [0.05, 0.1) is 12.2 Å². The van der Waals surface area contributed by atoms with E-state index in [4.69, 9.17) is 4.74 Å². The molecule has 1 saturated heterocycles. The van der Waals surface area contributed by atoms with E-state index in [0.29, 0.717) is 12.1 Å². The molecule has 1 N–H and O–H groups in total.